The zero-order valence-electron chi connectivity index (χ0n) is 19.7. The van der Waals surface area contributed by atoms with Crippen LogP contribution in [-0.4, -0.2) is 43.9 Å². The molecule has 0 aromatic carbocycles. The molecule has 1 saturated heterocycles. The first-order valence-corrected chi connectivity index (χ1v) is 12.6. The van der Waals surface area contributed by atoms with Crippen LogP contribution in [0, 0.1) is 0 Å². The van der Waals surface area contributed by atoms with E-state index in [2.05, 4.69) is 28.1 Å². The van der Waals surface area contributed by atoms with Crippen LogP contribution >= 0.6 is 0 Å². The molecule has 2 aliphatic rings. The maximum Gasteiger partial charge on any atom is 0.305 e. The molecule has 0 saturated carbocycles. The number of hydrogen-bond acceptors (Lipinski definition) is 5. The van der Waals surface area contributed by atoms with Crippen LogP contribution in [0.4, 0.5) is 5.69 Å². The summed E-state index contributed by atoms with van der Waals surface area (Å²) >= 11 is 0. The van der Waals surface area contributed by atoms with Gasteiger partial charge in [-0.1, -0.05) is 6.07 Å². The third-order valence-electron chi connectivity index (χ3n) is 7.05. The van der Waals surface area contributed by atoms with E-state index in [0.717, 1.165) is 67.8 Å². The molecule has 3 aromatic heterocycles. The second-order valence-corrected chi connectivity index (χ2v) is 9.54. The van der Waals surface area contributed by atoms with Crippen LogP contribution in [0.2, 0.25) is 0 Å². The predicted octanol–water partition coefficient (Wildman–Crippen LogP) is 4.39. The molecule has 7 nitrogen and oxygen atoms in total. The van der Waals surface area contributed by atoms with Crippen molar-refractivity contribution in [3.05, 3.63) is 71.1 Å². The van der Waals surface area contributed by atoms with E-state index in [-0.39, 0.29) is 12.5 Å². The van der Waals surface area contributed by atoms with Crippen molar-refractivity contribution in [2.75, 3.05) is 18.0 Å². The Balaban J connectivity index is 1.25. The third-order valence-corrected chi connectivity index (χ3v) is 7.05. The van der Waals surface area contributed by atoms with E-state index in [1.165, 1.54) is 36.9 Å². The zero-order valence-corrected chi connectivity index (χ0v) is 19.7. The normalized spacial score (nSPS) is 16.4. The average Bonchev–Trinajstić information content (AvgIpc) is 3.55. The fraction of sp³-hybridized carbons (Fsp3) is 0.481. The lowest BCUT2D eigenvalue weighted by atomic mass is 9.95. The number of rotatable bonds is 9. The summed E-state index contributed by atoms with van der Waals surface area (Å²) in [6.07, 6.45) is 15.4. The molecule has 4 heterocycles. The maximum absolute atomic E-state index is 11.7. The summed E-state index contributed by atoms with van der Waals surface area (Å²) in [5.41, 5.74) is 6.80. The van der Waals surface area contributed by atoms with Crippen LogP contribution in [0.5, 0.6) is 0 Å². The Morgan fingerprint density at radius 1 is 1.00 bits per heavy atom. The summed E-state index contributed by atoms with van der Waals surface area (Å²) in [5, 5.41) is 14.3. The fourth-order valence-corrected chi connectivity index (χ4v) is 5.21. The number of anilines is 1. The van der Waals surface area contributed by atoms with E-state index < -0.39 is 5.97 Å². The van der Waals surface area contributed by atoms with Crippen LogP contribution < -0.4 is 4.90 Å². The number of nitrogens with zero attached hydrogens (tertiary/aromatic N) is 5. The van der Waals surface area contributed by atoms with E-state index in [4.69, 9.17) is 10.1 Å². The Morgan fingerprint density at radius 3 is 2.68 bits per heavy atom. The second kappa shape index (κ2) is 10.4. The van der Waals surface area contributed by atoms with Crippen molar-refractivity contribution in [3.63, 3.8) is 0 Å². The van der Waals surface area contributed by atoms with Gasteiger partial charge in [-0.15, -0.1) is 0 Å². The van der Waals surface area contributed by atoms with Gasteiger partial charge in [-0.3, -0.25) is 19.4 Å². The van der Waals surface area contributed by atoms with Crippen LogP contribution in [0.1, 0.15) is 72.8 Å². The van der Waals surface area contributed by atoms with Crippen LogP contribution in [-0.2, 0) is 30.5 Å². The van der Waals surface area contributed by atoms with Gasteiger partial charge in [0.25, 0.3) is 0 Å². The highest BCUT2D eigenvalue weighted by atomic mass is 16.4. The molecule has 1 aliphatic carbocycles. The van der Waals surface area contributed by atoms with Gasteiger partial charge in [0.2, 0.25) is 0 Å². The largest absolute Gasteiger partial charge is 0.481 e. The van der Waals surface area contributed by atoms with Crippen molar-refractivity contribution in [2.24, 2.45) is 0 Å². The van der Waals surface area contributed by atoms with Gasteiger partial charge in [-0.05, 0) is 87.1 Å². The summed E-state index contributed by atoms with van der Waals surface area (Å²) < 4.78 is 1.80. The highest BCUT2D eigenvalue weighted by Crippen LogP contribution is 2.27. The van der Waals surface area contributed by atoms with Crippen molar-refractivity contribution < 1.29 is 9.90 Å². The van der Waals surface area contributed by atoms with Crippen molar-refractivity contribution in [3.8, 4) is 0 Å². The summed E-state index contributed by atoms with van der Waals surface area (Å²) in [5.74, 6) is -0.841. The number of fused-ring (bicyclic) bond motifs is 1. The molecule has 0 spiro atoms. The van der Waals surface area contributed by atoms with Crippen LogP contribution in [0.15, 0.2) is 42.9 Å². The average molecular weight is 460 g/mol. The summed E-state index contributed by atoms with van der Waals surface area (Å²) in [6.45, 7) is 2.06. The minimum atomic E-state index is -0.841. The summed E-state index contributed by atoms with van der Waals surface area (Å²) in [4.78, 5) is 23.3. The topological polar surface area (TPSA) is 84.1 Å². The molecular weight excluding hydrogens is 426 g/mol. The molecule has 178 valence electrons. The number of hydrogen-bond donors (Lipinski definition) is 1. The second-order valence-electron chi connectivity index (χ2n) is 9.54. The Morgan fingerprint density at radius 2 is 1.82 bits per heavy atom. The van der Waals surface area contributed by atoms with Gasteiger partial charge < -0.3 is 10.0 Å². The molecule has 1 aliphatic heterocycles. The van der Waals surface area contributed by atoms with Gasteiger partial charge in [0.1, 0.15) is 0 Å². The van der Waals surface area contributed by atoms with Crippen LogP contribution in [0.3, 0.4) is 0 Å². The number of carboxylic acids is 1. The standard InChI is InChI=1S/C27H33N5O2/c33-27(34)17-26(21-16-24(19-28-18-21)31-13-3-4-14-31)32-15-12-23(30-32)8-5-7-22-11-10-20-6-1-2-9-25(20)29-22/h10-12,15-16,18-19,26H,1-9,13-14,17H2,(H,33,34). The minimum absolute atomic E-state index is 0.0225. The van der Waals surface area contributed by atoms with Crippen molar-refractivity contribution in [2.45, 2.75) is 70.3 Å². The van der Waals surface area contributed by atoms with Crippen LogP contribution in [0.25, 0.3) is 0 Å². The number of aliphatic carboxylic acids is 1. The maximum atomic E-state index is 11.7. The highest BCUT2D eigenvalue weighted by Gasteiger charge is 2.21. The lowest BCUT2D eigenvalue weighted by molar-refractivity contribution is -0.137. The van der Waals surface area contributed by atoms with Gasteiger partial charge in [0.05, 0.1) is 30.0 Å². The molecule has 1 unspecified atom stereocenters. The van der Waals surface area contributed by atoms with E-state index in [1.807, 2.05) is 18.5 Å². The first kappa shape index (κ1) is 22.6. The molecule has 0 amide bonds. The number of aryl methyl sites for hydroxylation is 4. The summed E-state index contributed by atoms with van der Waals surface area (Å²) in [6, 6.07) is 8.14. The Bertz CT molecular complexity index is 1140. The first-order chi connectivity index (χ1) is 16.7. The van der Waals surface area contributed by atoms with E-state index in [0.29, 0.717) is 0 Å². The fourth-order valence-electron chi connectivity index (χ4n) is 5.21. The highest BCUT2D eigenvalue weighted by molar-refractivity contribution is 5.68. The Kier molecular flexibility index (Phi) is 6.88. The lowest BCUT2D eigenvalue weighted by Crippen LogP contribution is -2.20. The molecule has 1 N–H and O–H groups in total. The first-order valence-electron chi connectivity index (χ1n) is 12.6. The molecule has 1 atom stereocenters. The number of pyridine rings is 2. The monoisotopic (exact) mass is 459 g/mol. The van der Waals surface area contributed by atoms with Crippen molar-refractivity contribution >= 4 is 11.7 Å². The molecule has 34 heavy (non-hydrogen) atoms. The molecule has 0 bridgehead atoms. The van der Waals surface area contributed by atoms with E-state index >= 15 is 0 Å². The number of carboxylic acid groups (broad SMARTS) is 1. The molecule has 1 fully saturated rings. The number of aromatic nitrogens is 4. The Hall–Kier alpha value is -3.22. The molecule has 5 rings (SSSR count). The van der Waals surface area contributed by atoms with E-state index in [1.54, 1.807) is 10.9 Å². The minimum Gasteiger partial charge on any atom is -0.481 e. The van der Waals surface area contributed by atoms with Gasteiger partial charge in [0, 0.05) is 36.9 Å². The Labute approximate surface area is 200 Å². The SMILES string of the molecule is O=C(O)CC(c1cncc(N2CCCC2)c1)n1ccc(CCCc2ccc3c(n2)CCCC3)n1. The molecular formula is C27H33N5O2. The molecule has 7 heteroatoms. The lowest BCUT2D eigenvalue weighted by Gasteiger charge is -2.21. The smallest absolute Gasteiger partial charge is 0.305 e. The third kappa shape index (κ3) is 5.29. The van der Waals surface area contributed by atoms with E-state index in [9.17, 15) is 9.90 Å². The zero-order chi connectivity index (χ0) is 23.3. The molecule has 0 radical (unpaired) electrons. The molecule has 3 aromatic rings. The van der Waals surface area contributed by atoms with Gasteiger partial charge in [-0.25, -0.2) is 0 Å². The van der Waals surface area contributed by atoms with Gasteiger partial charge >= 0.3 is 5.97 Å². The van der Waals surface area contributed by atoms with Crippen molar-refractivity contribution in [1.29, 1.82) is 0 Å². The number of carbonyl (C=O) groups is 1. The predicted molar refractivity (Wildman–Crippen MR) is 131 cm³/mol. The van der Waals surface area contributed by atoms with Gasteiger partial charge in [0.15, 0.2) is 0 Å². The quantitative estimate of drug-likeness (QED) is 0.511. The summed E-state index contributed by atoms with van der Waals surface area (Å²) in [7, 11) is 0. The van der Waals surface area contributed by atoms with Gasteiger partial charge in [-0.2, -0.15) is 5.10 Å². The van der Waals surface area contributed by atoms with Crippen molar-refractivity contribution in [1.82, 2.24) is 19.7 Å².